The Morgan fingerprint density at radius 1 is 0.935 bits per heavy atom. The first-order chi connectivity index (χ1) is 15.1. The molecule has 0 aliphatic carbocycles. The van der Waals surface area contributed by atoms with Gasteiger partial charge in [0.25, 0.3) is 5.95 Å². The molecule has 0 radical (unpaired) electrons. The second-order valence-electron chi connectivity index (χ2n) is 7.34. The topological polar surface area (TPSA) is 96.1 Å². The number of anilines is 2. The molecule has 0 saturated heterocycles. The van der Waals surface area contributed by atoms with E-state index in [2.05, 4.69) is 22.3 Å². The number of para-hydroxylation sites is 1. The molecule has 4 aromatic rings. The molecule has 1 aliphatic heterocycles. The molecule has 0 fully saturated rings. The maximum Gasteiger partial charge on any atom is 0.252 e. The van der Waals surface area contributed by atoms with Crippen LogP contribution in [0.1, 0.15) is 28.1 Å². The van der Waals surface area contributed by atoms with E-state index in [0.717, 1.165) is 33.9 Å². The molecular formula is C24H19N7. The van der Waals surface area contributed by atoms with Crippen LogP contribution in [0.4, 0.5) is 11.6 Å². The number of nitriles is 1. The van der Waals surface area contributed by atoms with Crippen molar-refractivity contribution in [2.24, 2.45) is 5.10 Å². The molecule has 0 saturated carbocycles. The van der Waals surface area contributed by atoms with Crippen molar-refractivity contribution in [3.8, 4) is 11.8 Å². The summed E-state index contributed by atoms with van der Waals surface area (Å²) < 4.78 is 2.02. The largest absolute Gasteiger partial charge is 0.399 e. The van der Waals surface area contributed by atoms with Gasteiger partial charge in [-0.2, -0.15) is 10.4 Å². The lowest BCUT2D eigenvalue weighted by Gasteiger charge is -2.18. The summed E-state index contributed by atoms with van der Waals surface area (Å²) in [5, 5.41) is 24.7. The van der Waals surface area contributed by atoms with E-state index in [4.69, 9.17) is 16.1 Å². The highest BCUT2D eigenvalue weighted by atomic mass is 15.6. The monoisotopic (exact) mass is 405 g/mol. The molecule has 7 nitrogen and oxygen atoms in total. The van der Waals surface area contributed by atoms with Gasteiger partial charge >= 0.3 is 0 Å². The summed E-state index contributed by atoms with van der Waals surface area (Å²) in [6.07, 6.45) is 0. The SMILES string of the molecule is Cc1nnc2n1-c1ccccc1C(c1ccc(N)cc1)=NN2Cc1ccc(C#N)cc1. The predicted octanol–water partition coefficient (Wildman–Crippen LogP) is 3.80. The Balaban J connectivity index is 1.69. The molecule has 2 heterocycles. The maximum atomic E-state index is 9.09. The lowest BCUT2D eigenvalue weighted by molar-refractivity contribution is 0.796. The lowest BCUT2D eigenvalue weighted by atomic mass is 10.0. The molecule has 0 atom stereocenters. The zero-order valence-corrected chi connectivity index (χ0v) is 16.9. The van der Waals surface area contributed by atoms with Crippen molar-refractivity contribution < 1.29 is 0 Å². The zero-order chi connectivity index (χ0) is 21.4. The molecule has 0 amide bonds. The standard InChI is InChI=1S/C24H19N7/c1-16-27-28-24-30(15-18-8-6-17(14-25)7-9-18)29-23(19-10-12-20(26)13-11-19)21-4-2-3-5-22(21)31(16)24/h2-13H,15,26H2,1H3. The normalized spacial score (nSPS) is 12.4. The van der Waals surface area contributed by atoms with E-state index in [0.29, 0.717) is 23.7 Å². The van der Waals surface area contributed by atoms with Crippen LogP contribution in [0.25, 0.3) is 5.69 Å². The smallest absolute Gasteiger partial charge is 0.252 e. The highest BCUT2D eigenvalue weighted by molar-refractivity contribution is 6.15. The van der Waals surface area contributed by atoms with Gasteiger partial charge in [-0.05, 0) is 42.8 Å². The fourth-order valence-electron chi connectivity index (χ4n) is 3.71. The fraction of sp³-hybridized carbons (Fsp3) is 0.0833. The predicted molar refractivity (Wildman–Crippen MR) is 120 cm³/mol. The minimum atomic E-state index is 0.482. The van der Waals surface area contributed by atoms with Crippen molar-refractivity contribution in [3.63, 3.8) is 0 Å². The molecule has 0 unspecified atom stereocenters. The van der Waals surface area contributed by atoms with Gasteiger partial charge < -0.3 is 5.73 Å². The van der Waals surface area contributed by atoms with Crippen molar-refractivity contribution in [1.82, 2.24) is 14.8 Å². The van der Waals surface area contributed by atoms with Crippen LogP contribution < -0.4 is 10.7 Å². The molecule has 0 bridgehead atoms. The van der Waals surface area contributed by atoms with Crippen LogP contribution in [0, 0.1) is 18.3 Å². The number of fused-ring (bicyclic) bond motifs is 3. The number of hydrazone groups is 1. The van der Waals surface area contributed by atoms with Gasteiger partial charge in [-0.15, -0.1) is 10.2 Å². The average molecular weight is 405 g/mol. The third-order valence-corrected chi connectivity index (χ3v) is 5.26. The third-order valence-electron chi connectivity index (χ3n) is 5.26. The summed E-state index contributed by atoms with van der Waals surface area (Å²) >= 11 is 0. The van der Waals surface area contributed by atoms with E-state index in [9.17, 15) is 0 Å². The molecule has 1 aromatic heterocycles. The number of aromatic nitrogens is 3. The summed E-state index contributed by atoms with van der Waals surface area (Å²) in [7, 11) is 0. The number of nitrogens with two attached hydrogens (primary N) is 1. The van der Waals surface area contributed by atoms with Crippen LogP contribution in [0.3, 0.4) is 0 Å². The quantitative estimate of drug-likeness (QED) is 0.523. The Bertz CT molecular complexity index is 1330. The van der Waals surface area contributed by atoms with Gasteiger partial charge in [-0.3, -0.25) is 4.57 Å². The highest BCUT2D eigenvalue weighted by Gasteiger charge is 2.26. The van der Waals surface area contributed by atoms with Crippen LogP contribution >= 0.6 is 0 Å². The summed E-state index contributed by atoms with van der Waals surface area (Å²) in [5.74, 6) is 1.42. The number of benzene rings is 3. The van der Waals surface area contributed by atoms with E-state index < -0.39 is 0 Å². The first-order valence-corrected chi connectivity index (χ1v) is 9.87. The first-order valence-electron chi connectivity index (χ1n) is 9.87. The van der Waals surface area contributed by atoms with Gasteiger partial charge in [-0.25, -0.2) is 5.01 Å². The van der Waals surface area contributed by atoms with Crippen LogP contribution in [-0.4, -0.2) is 20.5 Å². The van der Waals surface area contributed by atoms with Crippen molar-refractivity contribution >= 4 is 17.3 Å². The number of hydrogen-bond acceptors (Lipinski definition) is 6. The van der Waals surface area contributed by atoms with Gasteiger partial charge in [0.05, 0.1) is 23.9 Å². The van der Waals surface area contributed by atoms with E-state index in [-0.39, 0.29) is 0 Å². The van der Waals surface area contributed by atoms with Crippen LogP contribution in [0.5, 0.6) is 0 Å². The number of nitrogen functional groups attached to an aromatic ring is 1. The molecule has 5 rings (SSSR count). The molecule has 31 heavy (non-hydrogen) atoms. The van der Waals surface area contributed by atoms with Crippen molar-refractivity contribution in [2.45, 2.75) is 13.5 Å². The molecule has 0 spiro atoms. The number of nitrogens with zero attached hydrogens (tertiary/aromatic N) is 6. The minimum absolute atomic E-state index is 0.482. The average Bonchev–Trinajstić information content (AvgIpc) is 3.12. The minimum Gasteiger partial charge on any atom is -0.399 e. The van der Waals surface area contributed by atoms with Crippen molar-refractivity contribution in [2.75, 3.05) is 10.7 Å². The summed E-state index contributed by atoms with van der Waals surface area (Å²) in [6, 6.07) is 25.4. The van der Waals surface area contributed by atoms with Gasteiger partial charge in [0.2, 0.25) is 0 Å². The maximum absolute atomic E-state index is 9.09. The Morgan fingerprint density at radius 2 is 1.68 bits per heavy atom. The van der Waals surface area contributed by atoms with E-state index in [1.54, 1.807) is 0 Å². The molecule has 1 aliphatic rings. The summed E-state index contributed by atoms with van der Waals surface area (Å²) in [4.78, 5) is 0. The van der Waals surface area contributed by atoms with Crippen molar-refractivity contribution in [3.05, 3.63) is 101 Å². The second kappa shape index (κ2) is 7.43. The van der Waals surface area contributed by atoms with E-state index >= 15 is 0 Å². The Labute approximate surface area is 179 Å². The van der Waals surface area contributed by atoms with E-state index in [1.807, 2.05) is 83.2 Å². The lowest BCUT2D eigenvalue weighted by Crippen LogP contribution is -2.20. The number of rotatable bonds is 3. The summed E-state index contributed by atoms with van der Waals surface area (Å²) in [6.45, 7) is 2.41. The van der Waals surface area contributed by atoms with Gasteiger partial charge in [-0.1, -0.05) is 42.5 Å². The molecule has 150 valence electrons. The van der Waals surface area contributed by atoms with Gasteiger partial charge in [0, 0.05) is 16.8 Å². The van der Waals surface area contributed by atoms with Crippen molar-refractivity contribution in [1.29, 1.82) is 5.26 Å². The van der Waals surface area contributed by atoms with Crippen LogP contribution in [0.15, 0.2) is 77.9 Å². The molecule has 2 N–H and O–H groups in total. The zero-order valence-electron chi connectivity index (χ0n) is 16.9. The Hall–Kier alpha value is -4.44. The van der Waals surface area contributed by atoms with Crippen LogP contribution in [0.2, 0.25) is 0 Å². The molecule has 7 heteroatoms. The van der Waals surface area contributed by atoms with Crippen LogP contribution in [-0.2, 0) is 6.54 Å². The van der Waals surface area contributed by atoms with Gasteiger partial charge in [0.1, 0.15) is 11.5 Å². The Morgan fingerprint density at radius 3 is 2.42 bits per heavy atom. The number of hydrogen-bond donors (Lipinski definition) is 1. The van der Waals surface area contributed by atoms with E-state index in [1.165, 1.54) is 0 Å². The Kier molecular flexibility index (Phi) is 4.45. The molecular weight excluding hydrogens is 386 g/mol. The highest BCUT2D eigenvalue weighted by Crippen LogP contribution is 2.30. The fourth-order valence-corrected chi connectivity index (χ4v) is 3.71. The molecule has 3 aromatic carbocycles. The first kappa shape index (κ1) is 18.6. The number of aryl methyl sites for hydroxylation is 1. The third kappa shape index (κ3) is 3.30. The second-order valence-corrected chi connectivity index (χ2v) is 7.34. The summed E-state index contributed by atoms with van der Waals surface area (Å²) in [5.41, 5.74) is 12.0. The van der Waals surface area contributed by atoms with Gasteiger partial charge in [0.15, 0.2) is 0 Å².